The Morgan fingerprint density at radius 2 is 2.00 bits per heavy atom. The first-order valence-corrected chi connectivity index (χ1v) is 12.1. The van der Waals surface area contributed by atoms with E-state index in [1.165, 1.54) is 24.8 Å². The van der Waals surface area contributed by atoms with Crippen LogP contribution in [0.4, 0.5) is 11.8 Å². The van der Waals surface area contributed by atoms with Crippen molar-refractivity contribution < 1.29 is 9.53 Å². The minimum absolute atomic E-state index is 0.0928. The molecule has 0 unspecified atom stereocenters. The fourth-order valence-electron chi connectivity index (χ4n) is 4.60. The Bertz CT molecular complexity index is 1180. The van der Waals surface area contributed by atoms with Crippen molar-refractivity contribution in [3.05, 3.63) is 47.2 Å². The van der Waals surface area contributed by atoms with Gasteiger partial charge in [-0.2, -0.15) is 10.1 Å². The molecule has 1 aromatic carbocycles. The second-order valence-electron chi connectivity index (χ2n) is 9.01. The normalized spacial score (nSPS) is 17.4. The van der Waals surface area contributed by atoms with Gasteiger partial charge in [0.2, 0.25) is 5.95 Å². The lowest BCUT2D eigenvalue weighted by Crippen LogP contribution is -2.37. The van der Waals surface area contributed by atoms with Crippen LogP contribution in [-0.2, 0) is 4.74 Å². The molecule has 0 atom stereocenters. The average molecular weight is 462 g/mol. The highest BCUT2D eigenvalue weighted by atomic mass is 16.5. The standard InChI is InChI=1S/C25H31N7O2/c1-17-6-5-7-18(14-17)16-26-31-25-29-20-15-21(24(33)27-19-8-3-2-4-9-19)28-22(20)23(30-25)32-10-12-34-13-11-32/h5-7,14-16,19,28H,2-4,8-13H2,1H3,(H,27,33)(H,29,30,31)/b26-16+. The second-order valence-corrected chi connectivity index (χ2v) is 9.01. The number of carbonyl (C=O) groups excluding carboxylic acids is 1. The fourth-order valence-corrected chi connectivity index (χ4v) is 4.60. The molecular weight excluding hydrogens is 430 g/mol. The lowest BCUT2D eigenvalue weighted by atomic mass is 9.95. The van der Waals surface area contributed by atoms with Crippen molar-refractivity contribution in [2.24, 2.45) is 5.10 Å². The zero-order valence-corrected chi connectivity index (χ0v) is 19.5. The number of nitrogens with one attached hydrogen (secondary N) is 3. The fraction of sp³-hybridized carbons (Fsp3) is 0.440. The van der Waals surface area contributed by atoms with Crippen molar-refractivity contribution in [2.45, 2.75) is 45.1 Å². The minimum Gasteiger partial charge on any atom is -0.378 e. The summed E-state index contributed by atoms with van der Waals surface area (Å²) in [6, 6.07) is 10.1. The van der Waals surface area contributed by atoms with Gasteiger partial charge in [0.1, 0.15) is 11.2 Å². The van der Waals surface area contributed by atoms with E-state index in [4.69, 9.17) is 9.72 Å². The number of hydrazone groups is 1. The summed E-state index contributed by atoms with van der Waals surface area (Å²) in [5.41, 5.74) is 7.06. The van der Waals surface area contributed by atoms with E-state index in [-0.39, 0.29) is 11.9 Å². The second kappa shape index (κ2) is 10.2. The number of fused-ring (bicyclic) bond motifs is 1. The molecule has 2 aromatic heterocycles. The molecule has 0 spiro atoms. The van der Waals surface area contributed by atoms with Crippen molar-refractivity contribution in [1.29, 1.82) is 0 Å². The Morgan fingerprint density at radius 3 is 2.79 bits per heavy atom. The summed E-state index contributed by atoms with van der Waals surface area (Å²) in [6.45, 7) is 4.76. The minimum atomic E-state index is -0.0928. The lowest BCUT2D eigenvalue weighted by molar-refractivity contribution is 0.0923. The topological polar surface area (TPSA) is 108 Å². The third kappa shape index (κ3) is 5.20. The van der Waals surface area contributed by atoms with Gasteiger partial charge in [0.25, 0.3) is 5.91 Å². The first-order valence-electron chi connectivity index (χ1n) is 12.1. The van der Waals surface area contributed by atoms with Crippen molar-refractivity contribution in [2.75, 3.05) is 36.6 Å². The molecule has 1 saturated heterocycles. The molecule has 1 aliphatic heterocycles. The maximum atomic E-state index is 12.9. The molecule has 9 nitrogen and oxygen atoms in total. The summed E-state index contributed by atoms with van der Waals surface area (Å²) in [6.07, 6.45) is 7.41. The molecule has 1 aliphatic carbocycles. The van der Waals surface area contributed by atoms with Gasteiger partial charge in [-0.15, -0.1) is 0 Å². The third-order valence-electron chi connectivity index (χ3n) is 6.37. The molecule has 0 bridgehead atoms. The Hall–Kier alpha value is -3.46. The van der Waals surface area contributed by atoms with E-state index in [0.29, 0.717) is 30.4 Å². The van der Waals surface area contributed by atoms with E-state index in [2.05, 4.69) is 36.8 Å². The molecule has 1 amide bonds. The lowest BCUT2D eigenvalue weighted by Gasteiger charge is -2.28. The quantitative estimate of drug-likeness (QED) is 0.382. The Labute approximate surface area is 199 Å². The van der Waals surface area contributed by atoms with Crippen LogP contribution in [0.1, 0.15) is 53.7 Å². The van der Waals surface area contributed by atoms with Gasteiger partial charge in [0, 0.05) is 19.1 Å². The van der Waals surface area contributed by atoms with E-state index in [9.17, 15) is 4.79 Å². The summed E-state index contributed by atoms with van der Waals surface area (Å²) < 4.78 is 5.52. The van der Waals surface area contributed by atoms with E-state index in [0.717, 1.165) is 42.8 Å². The van der Waals surface area contributed by atoms with Gasteiger partial charge in [0.05, 0.1) is 24.9 Å². The first-order chi connectivity index (χ1) is 16.7. The smallest absolute Gasteiger partial charge is 0.268 e. The van der Waals surface area contributed by atoms with Gasteiger partial charge in [0.15, 0.2) is 5.82 Å². The Balaban J connectivity index is 1.41. The Morgan fingerprint density at radius 1 is 1.18 bits per heavy atom. The summed E-state index contributed by atoms with van der Waals surface area (Å²) in [4.78, 5) is 27.7. The molecule has 1 saturated carbocycles. The highest BCUT2D eigenvalue weighted by Gasteiger charge is 2.22. The van der Waals surface area contributed by atoms with Crippen LogP contribution in [0.25, 0.3) is 11.0 Å². The van der Waals surface area contributed by atoms with Crippen molar-refractivity contribution >= 4 is 34.9 Å². The molecule has 2 aliphatic rings. The monoisotopic (exact) mass is 461 g/mol. The first kappa shape index (κ1) is 22.3. The molecule has 178 valence electrons. The van der Waals surface area contributed by atoms with Crippen molar-refractivity contribution in [3.63, 3.8) is 0 Å². The summed E-state index contributed by atoms with van der Waals surface area (Å²) in [5, 5.41) is 7.51. The number of aromatic amines is 1. The molecule has 3 heterocycles. The SMILES string of the molecule is Cc1cccc(/C=N/Nc2nc(N3CCOCC3)c3[nH]c(C(=O)NC4CCCCC4)cc3n2)c1. The van der Waals surface area contributed by atoms with Crippen LogP contribution in [-0.4, -0.2) is 59.4 Å². The number of nitrogens with zero attached hydrogens (tertiary/aromatic N) is 4. The third-order valence-corrected chi connectivity index (χ3v) is 6.37. The number of morpholine rings is 1. The molecule has 9 heteroatoms. The number of anilines is 2. The average Bonchev–Trinajstić information content (AvgIpc) is 3.29. The molecule has 3 N–H and O–H groups in total. The predicted molar refractivity (Wildman–Crippen MR) is 134 cm³/mol. The number of benzene rings is 1. The van der Waals surface area contributed by atoms with Crippen LogP contribution < -0.4 is 15.6 Å². The number of hydrogen-bond acceptors (Lipinski definition) is 7. The van der Waals surface area contributed by atoms with E-state index in [1.54, 1.807) is 12.3 Å². The van der Waals surface area contributed by atoms with Crippen LogP contribution >= 0.6 is 0 Å². The maximum Gasteiger partial charge on any atom is 0.268 e. The summed E-state index contributed by atoms with van der Waals surface area (Å²) in [5.74, 6) is 1.04. The number of ether oxygens (including phenoxy) is 1. The number of H-pyrrole nitrogens is 1. The molecule has 34 heavy (non-hydrogen) atoms. The van der Waals surface area contributed by atoms with Crippen LogP contribution in [0.5, 0.6) is 0 Å². The number of aryl methyl sites for hydroxylation is 1. The van der Waals surface area contributed by atoms with Crippen LogP contribution in [0.15, 0.2) is 35.4 Å². The number of hydrogen-bond donors (Lipinski definition) is 3. The van der Waals surface area contributed by atoms with Gasteiger partial charge >= 0.3 is 0 Å². The Kier molecular flexibility index (Phi) is 6.71. The predicted octanol–water partition coefficient (Wildman–Crippen LogP) is 3.61. The highest BCUT2D eigenvalue weighted by molar-refractivity contribution is 6.00. The molecular formula is C25H31N7O2. The number of amides is 1. The van der Waals surface area contributed by atoms with Gasteiger partial charge in [-0.3, -0.25) is 4.79 Å². The zero-order chi connectivity index (χ0) is 23.3. The highest BCUT2D eigenvalue weighted by Crippen LogP contribution is 2.27. The summed E-state index contributed by atoms with van der Waals surface area (Å²) in [7, 11) is 0. The largest absolute Gasteiger partial charge is 0.378 e. The van der Waals surface area contributed by atoms with Crippen LogP contribution in [0, 0.1) is 6.92 Å². The molecule has 3 aromatic rings. The van der Waals surface area contributed by atoms with Gasteiger partial charge < -0.3 is 19.9 Å². The molecule has 5 rings (SSSR count). The van der Waals surface area contributed by atoms with E-state index < -0.39 is 0 Å². The number of carbonyl (C=O) groups is 1. The van der Waals surface area contributed by atoms with Gasteiger partial charge in [-0.1, -0.05) is 49.1 Å². The van der Waals surface area contributed by atoms with E-state index in [1.807, 2.05) is 25.1 Å². The van der Waals surface area contributed by atoms with Gasteiger partial charge in [-0.25, -0.2) is 10.4 Å². The maximum absolute atomic E-state index is 12.9. The van der Waals surface area contributed by atoms with Gasteiger partial charge in [-0.05, 0) is 31.4 Å². The zero-order valence-electron chi connectivity index (χ0n) is 19.5. The van der Waals surface area contributed by atoms with Crippen molar-refractivity contribution in [3.8, 4) is 0 Å². The molecule has 2 fully saturated rings. The number of aromatic nitrogens is 3. The van der Waals surface area contributed by atoms with Crippen LogP contribution in [0.2, 0.25) is 0 Å². The summed E-state index contributed by atoms with van der Waals surface area (Å²) >= 11 is 0. The molecule has 0 radical (unpaired) electrons. The van der Waals surface area contributed by atoms with Crippen molar-refractivity contribution in [1.82, 2.24) is 20.3 Å². The van der Waals surface area contributed by atoms with E-state index >= 15 is 0 Å². The number of rotatable bonds is 6. The van der Waals surface area contributed by atoms with Crippen LogP contribution in [0.3, 0.4) is 0 Å².